The summed E-state index contributed by atoms with van der Waals surface area (Å²) in [6.07, 6.45) is 0. The van der Waals surface area contributed by atoms with Crippen molar-refractivity contribution in [2.45, 2.75) is 4.90 Å². The SMILES string of the molecule is CNC(=O)CS(=O)(=O)c1ccc(Br)cc1N. The molecular weight excluding hydrogens is 296 g/mol. The summed E-state index contributed by atoms with van der Waals surface area (Å²) in [6.45, 7) is 0. The highest BCUT2D eigenvalue weighted by Crippen LogP contribution is 2.23. The maximum Gasteiger partial charge on any atom is 0.235 e. The van der Waals surface area contributed by atoms with E-state index in [2.05, 4.69) is 21.2 Å². The van der Waals surface area contributed by atoms with Gasteiger partial charge in [-0.15, -0.1) is 0 Å². The number of amides is 1. The van der Waals surface area contributed by atoms with Crippen LogP contribution < -0.4 is 11.1 Å². The molecule has 0 bridgehead atoms. The monoisotopic (exact) mass is 306 g/mol. The van der Waals surface area contributed by atoms with Gasteiger partial charge in [-0.25, -0.2) is 8.42 Å². The zero-order valence-corrected chi connectivity index (χ0v) is 10.9. The third-order valence-corrected chi connectivity index (χ3v) is 4.08. The van der Waals surface area contributed by atoms with Crippen LogP contribution >= 0.6 is 15.9 Å². The lowest BCUT2D eigenvalue weighted by Crippen LogP contribution is -2.27. The zero-order valence-electron chi connectivity index (χ0n) is 8.53. The van der Waals surface area contributed by atoms with Crippen LogP contribution in [0, 0.1) is 0 Å². The van der Waals surface area contributed by atoms with Gasteiger partial charge in [0.1, 0.15) is 5.75 Å². The van der Waals surface area contributed by atoms with Crippen molar-refractivity contribution < 1.29 is 13.2 Å². The molecule has 0 unspecified atom stereocenters. The van der Waals surface area contributed by atoms with E-state index >= 15 is 0 Å². The minimum Gasteiger partial charge on any atom is -0.398 e. The van der Waals surface area contributed by atoms with Gasteiger partial charge in [0.15, 0.2) is 9.84 Å². The molecule has 3 N–H and O–H groups in total. The highest BCUT2D eigenvalue weighted by Gasteiger charge is 2.21. The molecule has 16 heavy (non-hydrogen) atoms. The average molecular weight is 307 g/mol. The molecule has 0 aliphatic rings. The summed E-state index contributed by atoms with van der Waals surface area (Å²) in [5, 5.41) is 2.25. The Morgan fingerprint density at radius 1 is 1.50 bits per heavy atom. The molecule has 0 spiro atoms. The zero-order chi connectivity index (χ0) is 12.3. The van der Waals surface area contributed by atoms with Gasteiger partial charge in [-0.1, -0.05) is 15.9 Å². The van der Waals surface area contributed by atoms with Crippen molar-refractivity contribution in [3.8, 4) is 0 Å². The molecule has 0 radical (unpaired) electrons. The fraction of sp³-hybridized carbons (Fsp3) is 0.222. The molecule has 7 heteroatoms. The molecule has 1 amide bonds. The van der Waals surface area contributed by atoms with Crippen LogP contribution in [0.5, 0.6) is 0 Å². The maximum absolute atomic E-state index is 11.8. The van der Waals surface area contributed by atoms with E-state index in [1.165, 1.54) is 19.2 Å². The summed E-state index contributed by atoms with van der Waals surface area (Å²) in [5.41, 5.74) is 5.71. The number of hydrogen-bond acceptors (Lipinski definition) is 4. The number of rotatable bonds is 3. The van der Waals surface area contributed by atoms with Crippen molar-refractivity contribution in [2.24, 2.45) is 0 Å². The van der Waals surface area contributed by atoms with Gasteiger partial charge in [0.25, 0.3) is 0 Å². The van der Waals surface area contributed by atoms with Gasteiger partial charge in [-0.3, -0.25) is 4.79 Å². The normalized spacial score (nSPS) is 11.1. The number of benzene rings is 1. The average Bonchev–Trinajstić information content (AvgIpc) is 2.16. The summed E-state index contributed by atoms with van der Waals surface area (Å²) < 4.78 is 24.2. The van der Waals surface area contributed by atoms with Crippen LogP contribution in [-0.2, 0) is 14.6 Å². The summed E-state index contributed by atoms with van der Waals surface area (Å²) in [4.78, 5) is 11.0. The standard InChI is InChI=1S/C9H11BrN2O3S/c1-12-9(13)5-16(14,15)8-3-2-6(10)4-7(8)11/h2-4H,5,11H2,1H3,(H,12,13). The van der Waals surface area contributed by atoms with Crippen molar-refractivity contribution in [3.05, 3.63) is 22.7 Å². The molecule has 0 fully saturated rings. The van der Waals surface area contributed by atoms with Crippen LogP contribution in [0.2, 0.25) is 0 Å². The molecule has 0 saturated heterocycles. The summed E-state index contributed by atoms with van der Waals surface area (Å²) in [6, 6.07) is 4.42. The van der Waals surface area contributed by atoms with Crippen molar-refractivity contribution in [3.63, 3.8) is 0 Å². The Morgan fingerprint density at radius 3 is 2.62 bits per heavy atom. The predicted octanol–water partition coefficient (Wildman–Crippen LogP) is 0.551. The first kappa shape index (κ1) is 13.0. The van der Waals surface area contributed by atoms with Gasteiger partial charge in [0.2, 0.25) is 5.91 Å². The fourth-order valence-corrected chi connectivity index (χ4v) is 2.84. The molecule has 0 aliphatic carbocycles. The van der Waals surface area contributed by atoms with E-state index in [1.54, 1.807) is 6.07 Å². The third kappa shape index (κ3) is 2.96. The van der Waals surface area contributed by atoms with Crippen molar-refractivity contribution in [1.82, 2.24) is 5.32 Å². The Morgan fingerprint density at radius 2 is 2.12 bits per heavy atom. The van der Waals surface area contributed by atoms with E-state index < -0.39 is 21.5 Å². The second-order valence-corrected chi connectivity index (χ2v) is 5.99. The Balaban J connectivity index is 3.13. The molecule has 0 aliphatic heterocycles. The minimum absolute atomic E-state index is 0.0284. The van der Waals surface area contributed by atoms with Crippen LogP contribution in [0.15, 0.2) is 27.6 Å². The Labute approximate surface area is 102 Å². The van der Waals surface area contributed by atoms with Gasteiger partial charge in [0.05, 0.1) is 10.6 Å². The number of sulfone groups is 1. The van der Waals surface area contributed by atoms with E-state index in [0.717, 1.165) is 0 Å². The van der Waals surface area contributed by atoms with Gasteiger partial charge in [-0.05, 0) is 18.2 Å². The molecule has 1 aromatic rings. The highest BCUT2D eigenvalue weighted by atomic mass is 79.9. The number of carbonyl (C=O) groups excluding carboxylic acids is 1. The molecular formula is C9H11BrN2O3S. The second-order valence-electron chi connectivity index (χ2n) is 3.11. The molecule has 1 rings (SSSR count). The fourth-order valence-electron chi connectivity index (χ4n) is 1.13. The van der Waals surface area contributed by atoms with E-state index in [-0.39, 0.29) is 10.6 Å². The van der Waals surface area contributed by atoms with Gasteiger partial charge < -0.3 is 11.1 Å². The van der Waals surface area contributed by atoms with E-state index in [1.807, 2.05) is 0 Å². The number of nitrogen functional groups attached to an aromatic ring is 1. The first-order chi connectivity index (χ1) is 7.36. The number of anilines is 1. The molecule has 5 nitrogen and oxygen atoms in total. The molecule has 0 saturated carbocycles. The van der Waals surface area contributed by atoms with Crippen LogP contribution in [0.4, 0.5) is 5.69 Å². The smallest absolute Gasteiger partial charge is 0.235 e. The molecule has 1 aromatic carbocycles. The lowest BCUT2D eigenvalue weighted by atomic mass is 10.3. The van der Waals surface area contributed by atoms with Gasteiger partial charge in [0, 0.05) is 11.5 Å². The predicted molar refractivity (Wildman–Crippen MR) is 64.7 cm³/mol. The van der Waals surface area contributed by atoms with E-state index in [0.29, 0.717) is 4.47 Å². The first-order valence-corrected chi connectivity index (χ1v) is 6.79. The second kappa shape index (κ2) is 4.84. The Bertz CT molecular complexity index is 513. The minimum atomic E-state index is -3.68. The Kier molecular flexibility index (Phi) is 3.93. The van der Waals surface area contributed by atoms with Gasteiger partial charge >= 0.3 is 0 Å². The first-order valence-electron chi connectivity index (χ1n) is 4.35. The van der Waals surface area contributed by atoms with Crippen molar-refractivity contribution >= 4 is 37.4 Å². The maximum atomic E-state index is 11.8. The van der Waals surface area contributed by atoms with Gasteiger partial charge in [-0.2, -0.15) is 0 Å². The summed E-state index contributed by atoms with van der Waals surface area (Å²) in [7, 11) is -2.30. The lowest BCUT2D eigenvalue weighted by Gasteiger charge is -2.06. The number of halogens is 1. The summed E-state index contributed by atoms with van der Waals surface area (Å²) in [5.74, 6) is -1.17. The van der Waals surface area contributed by atoms with Crippen LogP contribution in [0.25, 0.3) is 0 Å². The molecule has 0 aromatic heterocycles. The number of hydrogen-bond donors (Lipinski definition) is 2. The molecule has 0 heterocycles. The molecule has 0 atom stereocenters. The van der Waals surface area contributed by atoms with Crippen LogP contribution in [0.1, 0.15) is 0 Å². The number of carbonyl (C=O) groups is 1. The van der Waals surface area contributed by atoms with Crippen LogP contribution in [0.3, 0.4) is 0 Å². The van der Waals surface area contributed by atoms with E-state index in [4.69, 9.17) is 5.73 Å². The third-order valence-electron chi connectivity index (χ3n) is 1.91. The number of nitrogens with one attached hydrogen (secondary N) is 1. The molecule has 88 valence electrons. The van der Waals surface area contributed by atoms with Crippen molar-refractivity contribution in [1.29, 1.82) is 0 Å². The van der Waals surface area contributed by atoms with Crippen LogP contribution in [-0.4, -0.2) is 27.1 Å². The topological polar surface area (TPSA) is 89.3 Å². The van der Waals surface area contributed by atoms with E-state index in [9.17, 15) is 13.2 Å². The number of nitrogens with two attached hydrogens (primary N) is 1. The van der Waals surface area contributed by atoms with Crippen molar-refractivity contribution in [2.75, 3.05) is 18.5 Å². The largest absolute Gasteiger partial charge is 0.398 e. The quantitative estimate of drug-likeness (QED) is 0.798. The summed E-state index contributed by atoms with van der Waals surface area (Å²) >= 11 is 3.17. The Hall–Kier alpha value is -1.08. The lowest BCUT2D eigenvalue weighted by molar-refractivity contribution is -0.118. The highest BCUT2D eigenvalue weighted by molar-refractivity contribution is 9.10.